The number of nitrogens with one attached hydrogen (secondary N) is 7. The third-order valence-electron chi connectivity index (χ3n) is 13.5. The van der Waals surface area contributed by atoms with Crippen LogP contribution in [0.2, 0.25) is 0 Å². The van der Waals surface area contributed by atoms with Gasteiger partial charge in [0.05, 0.1) is 49.7 Å². The molecule has 466 valence electrons. The second kappa shape index (κ2) is 29.7. The Balaban J connectivity index is 0.000000244. The summed E-state index contributed by atoms with van der Waals surface area (Å²) in [6.45, 7) is 14.1. The number of aryl methyl sites for hydroxylation is 1. The minimum Gasteiger partial charge on any atom is -0.778 e. The number of carbonyl (C=O) groups is 4. The first kappa shape index (κ1) is 65.9. The second-order valence-corrected chi connectivity index (χ2v) is 26.1. The number of aromatic nitrogens is 6. The molecule has 5 aliphatic rings. The van der Waals surface area contributed by atoms with Crippen molar-refractivity contribution in [3.8, 4) is 0 Å². The molecule has 6 unspecified atom stereocenters. The van der Waals surface area contributed by atoms with E-state index in [2.05, 4.69) is 61.5 Å². The molecule has 0 aliphatic carbocycles. The first-order valence-corrected chi connectivity index (χ1v) is 31.1. The number of hydrogen-bond acceptors (Lipinski definition) is 23. The summed E-state index contributed by atoms with van der Waals surface area (Å²) < 4.78 is 58.8. The van der Waals surface area contributed by atoms with Crippen LogP contribution in [0.5, 0.6) is 0 Å². The summed E-state index contributed by atoms with van der Waals surface area (Å²) in [5, 5.41) is 13.9. The lowest BCUT2D eigenvalue weighted by atomic mass is 10.1. The van der Waals surface area contributed by atoms with Crippen LogP contribution in [0.1, 0.15) is 86.2 Å². The summed E-state index contributed by atoms with van der Waals surface area (Å²) in [6.07, 6.45) is 9.23. The zero-order valence-electron chi connectivity index (χ0n) is 48.5. The maximum Gasteiger partial charge on any atom is 0.325 e. The van der Waals surface area contributed by atoms with Crippen LogP contribution in [0.15, 0.2) is 70.3 Å². The quantitative estimate of drug-likeness (QED) is 0.0310. The number of urea groups is 2. The second-order valence-electron chi connectivity index (χ2n) is 21.4. The minimum absolute atomic E-state index is 0.164. The molecule has 3 aromatic rings. The van der Waals surface area contributed by atoms with Crippen LogP contribution >= 0.6 is 15.2 Å². The number of nitrogens with zero attached hydrogens (tertiary/aromatic N) is 7. The molecule has 5 aliphatic heterocycles. The van der Waals surface area contributed by atoms with Gasteiger partial charge in [-0.3, -0.25) is 29.2 Å². The van der Waals surface area contributed by atoms with E-state index in [1.54, 1.807) is 6.21 Å². The van der Waals surface area contributed by atoms with Crippen LogP contribution in [0.25, 0.3) is 11.2 Å². The first-order valence-electron chi connectivity index (χ1n) is 27.9. The summed E-state index contributed by atoms with van der Waals surface area (Å²) in [7, 11) is -8.16. The van der Waals surface area contributed by atoms with Gasteiger partial charge in [0.1, 0.15) is 75.5 Å². The fourth-order valence-electron chi connectivity index (χ4n) is 8.96. The van der Waals surface area contributed by atoms with Crippen molar-refractivity contribution >= 4 is 68.0 Å². The van der Waals surface area contributed by atoms with E-state index in [9.17, 15) is 42.9 Å². The van der Waals surface area contributed by atoms with Gasteiger partial charge in [0, 0.05) is 98.5 Å². The standard InChI is InChI=1S/C27H40N7O8P.C25H38N9O7P/c1-15(2)41-19-12-23(42-20(19)14-40-43(38,39)16(3)4)34-13-17(25(28)33-27(34)37)7-8-22(35)29-10-5-6-21-31-18-9-11-30-24(18)26(36)32-21;1-14(2)40-17-9-20(41-18(17)11-39-42(37,38)15(3)4)34-10-16(22(26)33-25(34)36)5-6-19(35)27-7-8-28-23-21-24(30-12-29-21)32-13-31-23/h7-8,11,13,15-16,19-20,23,25H,5-6,9-10,12,14,28H2,1-4H3,(H,29,35)(H,33,37)(H,38,39)(H,31,32,36);5-6,10,12-15,17-18,20,22H,7-9,11,26H2,1-4H3,(H,27,35)(H,33,36)(H,37,38)(H2,28,29,30,31,32)/p-2/b8-7+;6-5+/t19?,20-,23-,25?;17?,18-,20-,22?/m11/s1. The highest BCUT2D eigenvalue weighted by Gasteiger charge is 2.44. The molecule has 2 fully saturated rings. The van der Waals surface area contributed by atoms with Gasteiger partial charge in [-0.25, -0.2) is 29.5 Å². The van der Waals surface area contributed by atoms with E-state index in [1.807, 2.05) is 27.7 Å². The van der Waals surface area contributed by atoms with Crippen LogP contribution in [-0.4, -0.2) is 175 Å². The van der Waals surface area contributed by atoms with E-state index < -0.39 is 87.8 Å². The Morgan fingerprint density at radius 3 is 1.82 bits per heavy atom. The molecule has 10 atom stereocenters. The number of aromatic amines is 2. The van der Waals surface area contributed by atoms with Gasteiger partial charge in [-0.2, -0.15) is 0 Å². The number of amides is 6. The Morgan fingerprint density at radius 2 is 1.31 bits per heavy atom. The number of anilines is 1. The Morgan fingerprint density at radius 1 is 0.776 bits per heavy atom. The number of imidazole rings is 1. The molecule has 0 aromatic carbocycles. The highest BCUT2D eigenvalue weighted by molar-refractivity contribution is 7.52. The Kier molecular flexibility index (Phi) is 23.0. The average molecular weight is 1230 g/mol. The van der Waals surface area contributed by atoms with Gasteiger partial charge in [-0.1, -0.05) is 27.7 Å². The Labute approximate surface area is 490 Å². The van der Waals surface area contributed by atoms with Crippen LogP contribution in [-0.2, 0) is 59.6 Å². The molecule has 0 bridgehead atoms. The molecule has 0 spiro atoms. The molecule has 6 amide bonds. The van der Waals surface area contributed by atoms with Gasteiger partial charge in [-0.05, 0) is 46.3 Å². The molecule has 0 saturated carbocycles. The summed E-state index contributed by atoms with van der Waals surface area (Å²) in [5.74, 6) is 0.378. The van der Waals surface area contributed by atoms with Crippen molar-refractivity contribution in [2.75, 3.05) is 38.2 Å². The van der Waals surface area contributed by atoms with Crippen molar-refractivity contribution in [3.63, 3.8) is 0 Å². The monoisotopic (exact) mass is 1230 g/mol. The third-order valence-corrected chi connectivity index (χ3v) is 17.1. The van der Waals surface area contributed by atoms with E-state index in [-0.39, 0.29) is 55.6 Å². The van der Waals surface area contributed by atoms with Crippen LogP contribution in [0.3, 0.4) is 0 Å². The minimum atomic E-state index is -4.09. The van der Waals surface area contributed by atoms with Gasteiger partial charge in [0.25, 0.3) is 5.56 Å². The average Bonchev–Trinajstić information content (AvgIpc) is 2.94. The van der Waals surface area contributed by atoms with Gasteiger partial charge < -0.3 is 94.9 Å². The topological polar surface area (TPSA) is 435 Å². The summed E-state index contributed by atoms with van der Waals surface area (Å²) >= 11 is 0. The molecule has 11 N–H and O–H groups in total. The SMILES string of the molecule is CC(C)OC1C[C@H](N2C=C(/C=C/C(=O)NCCCc3nc4c(c(=O)[nH]3)N=CC4)C(N)NC2=O)O[C@@H]1COP(=O)([O-])C(C)C.CC(C)OC1C[C@H](N2C=C(/C=C/C(=O)NCCNc3ncnc4nc[nH]c34)C(N)NC2=O)O[C@@H]1COP(=O)([O-])C(C)C. The van der Waals surface area contributed by atoms with Gasteiger partial charge >= 0.3 is 12.1 Å². The number of hydrogen-bond donors (Lipinski definition) is 9. The molecule has 33 heteroatoms. The summed E-state index contributed by atoms with van der Waals surface area (Å²) in [4.78, 5) is 116. The fraction of sp³-hybridized carbons (Fsp3) is 0.577. The van der Waals surface area contributed by atoms with Gasteiger partial charge in [0.15, 0.2) is 11.5 Å². The van der Waals surface area contributed by atoms with E-state index in [0.717, 1.165) is 0 Å². The molecule has 3 aromatic heterocycles. The van der Waals surface area contributed by atoms with Crippen LogP contribution in [0.4, 0.5) is 21.1 Å². The molecular weight excluding hydrogens is 1150 g/mol. The number of ether oxygens (including phenoxy) is 4. The Bertz CT molecular complexity index is 3170. The molecule has 85 heavy (non-hydrogen) atoms. The van der Waals surface area contributed by atoms with Gasteiger partial charge in [0.2, 0.25) is 11.8 Å². The maximum atomic E-state index is 12.8. The van der Waals surface area contributed by atoms with E-state index in [1.165, 1.54) is 86.9 Å². The molecule has 8 heterocycles. The van der Waals surface area contributed by atoms with Gasteiger partial charge in [-0.15, -0.1) is 0 Å². The Hall–Kier alpha value is -6.60. The summed E-state index contributed by atoms with van der Waals surface area (Å²) in [6, 6.07) is -1.01. The fourth-order valence-corrected chi connectivity index (χ4v) is 10.3. The van der Waals surface area contributed by atoms with Crippen molar-refractivity contribution in [1.29, 1.82) is 0 Å². The highest BCUT2D eigenvalue weighted by Crippen LogP contribution is 2.45. The zero-order chi connectivity index (χ0) is 61.8. The lowest BCUT2D eigenvalue weighted by molar-refractivity contribution is -0.205. The molecule has 8 rings (SSSR count). The third kappa shape index (κ3) is 18.2. The van der Waals surface area contributed by atoms with Crippen molar-refractivity contribution in [2.24, 2.45) is 16.5 Å². The van der Waals surface area contributed by atoms with Crippen LogP contribution in [0, 0.1) is 0 Å². The predicted octanol–water partition coefficient (Wildman–Crippen LogP) is 1.23. The first-order chi connectivity index (χ1) is 40.3. The molecule has 0 radical (unpaired) electrons. The van der Waals surface area contributed by atoms with Crippen molar-refractivity contribution < 1.29 is 66.1 Å². The zero-order valence-corrected chi connectivity index (χ0v) is 50.3. The van der Waals surface area contributed by atoms with Crippen molar-refractivity contribution in [1.82, 2.24) is 61.0 Å². The molecule has 31 nitrogen and oxygen atoms in total. The lowest BCUT2D eigenvalue weighted by Gasteiger charge is -2.33. The number of aliphatic imine (C=N–C) groups is 1. The van der Waals surface area contributed by atoms with E-state index >= 15 is 0 Å². The number of fused-ring (bicyclic) bond motifs is 2. The smallest absolute Gasteiger partial charge is 0.325 e. The lowest BCUT2D eigenvalue weighted by Crippen LogP contribution is -2.54. The predicted molar refractivity (Wildman–Crippen MR) is 306 cm³/mol. The van der Waals surface area contributed by atoms with E-state index in [0.29, 0.717) is 84.2 Å². The van der Waals surface area contributed by atoms with E-state index in [4.69, 9.17) is 39.5 Å². The van der Waals surface area contributed by atoms with Crippen molar-refractivity contribution in [2.45, 2.75) is 160 Å². The van der Waals surface area contributed by atoms with Crippen LogP contribution < -0.4 is 53.4 Å². The molecular formula is C52H76N16O15P2-2. The summed E-state index contributed by atoms with van der Waals surface area (Å²) in [5.41, 5.74) is 13.6. The molecule has 2 saturated heterocycles. The largest absolute Gasteiger partial charge is 0.778 e. The number of carbonyl (C=O) groups excluding carboxylic acids is 4. The number of H-pyrrole nitrogens is 2. The number of rotatable bonds is 26. The maximum absolute atomic E-state index is 12.8. The normalized spacial score (nSPS) is 24.6. The van der Waals surface area contributed by atoms with Crippen molar-refractivity contribution in [3.05, 3.63) is 82.4 Å². The number of nitrogens with two attached hydrogens (primary N) is 2. The highest BCUT2D eigenvalue weighted by atomic mass is 31.2.